The van der Waals surface area contributed by atoms with Gasteiger partial charge in [0.1, 0.15) is 0 Å². The third-order valence-corrected chi connectivity index (χ3v) is 4.19. The van der Waals surface area contributed by atoms with E-state index in [1.807, 2.05) is 24.0 Å². The van der Waals surface area contributed by atoms with Crippen LogP contribution in [0.3, 0.4) is 0 Å². The van der Waals surface area contributed by atoms with Crippen LogP contribution in [0.15, 0.2) is 30.6 Å². The Balaban J connectivity index is 1.70. The Kier molecular flexibility index (Phi) is 4.71. The first-order valence-corrected chi connectivity index (χ1v) is 7.97. The summed E-state index contributed by atoms with van der Waals surface area (Å²) in [4.78, 5) is 20.5. The lowest BCUT2D eigenvalue weighted by atomic mass is 10.2. The number of nitrogens with zero attached hydrogens (tertiary/aromatic N) is 5. The molecule has 23 heavy (non-hydrogen) atoms. The first-order valence-electron chi connectivity index (χ1n) is 7.59. The zero-order valence-corrected chi connectivity index (χ0v) is 13.7. The van der Waals surface area contributed by atoms with Crippen LogP contribution in [0.5, 0.6) is 0 Å². The fourth-order valence-corrected chi connectivity index (χ4v) is 2.83. The maximum absolute atomic E-state index is 12.6. The molecule has 0 bridgehead atoms. The number of aromatic nitrogens is 3. The van der Waals surface area contributed by atoms with Gasteiger partial charge in [0.2, 0.25) is 0 Å². The summed E-state index contributed by atoms with van der Waals surface area (Å²) in [5, 5.41) is 8.72. The molecule has 2 aromatic heterocycles. The minimum absolute atomic E-state index is 0.0470. The summed E-state index contributed by atoms with van der Waals surface area (Å²) >= 11 is 6.08. The van der Waals surface area contributed by atoms with Crippen molar-refractivity contribution in [2.45, 2.75) is 13.3 Å². The zero-order valence-electron chi connectivity index (χ0n) is 12.9. The largest absolute Gasteiger partial charge is 0.353 e. The molecule has 1 amide bonds. The number of rotatable bonds is 2. The van der Waals surface area contributed by atoms with Crippen LogP contribution in [-0.2, 0) is 0 Å². The smallest absolute Gasteiger partial charge is 0.255 e. The van der Waals surface area contributed by atoms with Crippen molar-refractivity contribution in [3.05, 3.63) is 46.9 Å². The predicted octanol–water partition coefficient (Wildman–Crippen LogP) is 2.19. The fourth-order valence-electron chi connectivity index (χ4n) is 2.63. The van der Waals surface area contributed by atoms with Crippen LogP contribution >= 0.6 is 11.6 Å². The van der Waals surface area contributed by atoms with Gasteiger partial charge in [-0.05, 0) is 31.5 Å². The predicted molar refractivity (Wildman–Crippen MR) is 88.7 cm³/mol. The monoisotopic (exact) mass is 331 g/mol. The van der Waals surface area contributed by atoms with Crippen molar-refractivity contribution < 1.29 is 4.79 Å². The summed E-state index contributed by atoms with van der Waals surface area (Å²) in [5.74, 6) is 0.807. The minimum atomic E-state index is -0.0470. The molecule has 0 spiro atoms. The number of amides is 1. The van der Waals surface area contributed by atoms with E-state index >= 15 is 0 Å². The standard InChI is InChI=1S/C16H18ClN5O/c1-12-3-4-15(20-19-12)21-7-2-8-22(10-9-21)16(23)13-5-6-18-11-14(13)17/h3-6,11H,2,7-10H2,1H3. The van der Waals surface area contributed by atoms with Crippen LogP contribution in [0.2, 0.25) is 5.02 Å². The highest BCUT2D eigenvalue weighted by Gasteiger charge is 2.22. The van der Waals surface area contributed by atoms with Gasteiger partial charge >= 0.3 is 0 Å². The van der Waals surface area contributed by atoms with Crippen LogP contribution in [-0.4, -0.2) is 52.2 Å². The van der Waals surface area contributed by atoms with E-state index in [0.717, 1.165) is 31.0 Å². The molecular weight excluding hydrogens is 314 g/mol. The highest BCUT2D eigenvalue weighted by atomic mass is 35.5. The summed E-state index contributed by atoms with van der Waals surface area (Å²) in [7, 11) is 0. The molecular formula is C16H18ClN5O. The molecule has 2 aromatic rings. The lowest BCUT2D eigenvalue weighted by Gasteiger charge is -2.22. The van der Waals surface area contributed by atoms with Crippen molar-refractivity contribution in [2.24, 2.45) is 0 Å². The molecule has 0 aliphatic carbocycles. The van der Waals surface area contributed by atoms with E-state index in [4.69, 9.17) is 11.6 Å². The normalized spacial score (nSPS) is 15.4. The van der Waals surface area contributed by atoms with Crippen molar-refractivity contribution in [1.82, 2.24) is 20.1 Å². The second-order valence-corrected chi connectivity index (χ2v) is 5.93. The Morgan fingerprint density at radius 3 is 2.74 bits per heavy atom. The van der Waals surface area contributed by atoms with Crippen LogP contribution < -0.4 is 4.90 Å². The van der Waals surface area contributed by atoms with E-state index in [1.54, 1.807) is 12.3 Å². The average molecular weight is 332 g/mol. The van der Waals surface area contributed by atoms with Crippen LogP contribution in [0.25, 0.3) is 0 Å². The van der Waals surface area contributed by atoms with E-state index in [9.17, 15) is 4.79 Å². The maximum Gasteiger partial charge on any atom is 0.255 e. The number of carbonyl (C=O) groups excluding carboxylic acids is 1. The van der Waals surface area contributed by atoms with E-state index < -0.39 is 0 Å². The molecule has 0 N–H and O–H groups in total. The number of anilines is 1. The van der Waals surface area contributed by atoms with Gasteiger partial charge in [-0.2, -0.15) is 5.10 Å². The first kappa shape index (κ1) is 15.7. The Labute approximate surface area is 140 Å². The van der Waals surface area contributed by atoms with Gasteiger partial charge in [-0.25, -0.2) is 0 Å². The molecule has 0 saturated carbocycles. The van der Waals surface area contributed by atoms with Crippen molar-refractivity contribution in [3.63, 3.8) is 0 Å². The van der Waals surface area contributed by atoms with E-state index in [-0.39, 0.29) is 5.91 Å². The zero-order chi connectivity index (χ0) is 16.2. The Morgan fingerprint density at radius 1 is 1.13 bits per heavy atom. The molecule has 0 aromatic carbocycles. The Morgan fingerprint density at radius 2 is 2.00 bits per heavy atom. The van der Waals surface area contributed by atoms with Gasteiger partial charge in [0.15, 0.2) is 5.82 Å². The molecule has 1 aliphatic heterocycles. The van der Waals surface area contributed by atoms with Gasteiger partial charge < -0.3 is 9.80 Å². The van der Waals surface area contributed by atoms with Gasteiger partial charge in [0.25, 0.3) is 5.91 Å². The third kappa shape index (κ3) is 3.59. The van der Waals surface area contributed by atoms with Crippen LogP contribution in [0.1, 0.15) is 22.5 Å². The van der Waals surface area contributed by atoms with Crippen molar-refractivity contribution in [2.75, 3.05) is 31.1 Å². The van der Waals surface area contributed by atoms with E-state index in [1.165, 1.54) is 6.20 Å². The molecule has 3 heterocycles. The summed E-state index contributed by atoms with van der Waals surface area (Å²) in [6, 6.07) is 5.59. The molecule has 0 radical (unpaired) electrons. The van der Waals surface area contributed by atoms with Gasteiger partial charge in [0.05, 0.1) is 16.3 Å². The molecule has 1 fully saturated rings. The van der Waals surface area contributed by atoms with Gasteiger partial charge in [-0.3, -0.25) is 9.78 Å². The maximum atomic E-state index is 12.6. The number of hydrogen-bond acceptors (Lipinski definition) is 5. The number of hydrogen-bond donors (Lipinski definition) is 0. The number of halogens is 1. The second-order valence-electron chi connectivity index (χ2n) is 5.52. The third-order valence-electron chi connectivity index (χ3n) is 3.89. The SMILES string of the molecule is Cc1ccc(N2CCCN(C(=O)c3ccncc3Cl)CC2)nn1. The molecule has 0 unspecified atom stereocenters. The lowest BCUT2D eigenvalue weighted by Crippen LogP contribution is -2.35. The molecule has 1 saturated heterocycles. The summed E-state index contributed by atoms with van der Waals surface area (Å²) in [6.45, 7) is 4.83. The highest BCUT2D eigenvalue weighted by Crippen LogP contribution is 2.18. The number of carbonyl (C=O) groups is 1. The number of aryl methyl sites for hydroxylation is 1. The molecule has 1 aliphatic rings. The van der Waals surface area contributed by atoms with Crippen LogP contribution in [0, 0.1) is 6.92 Å². The lowest BCUT2D eigenvalue weighted by molar-refractivity contribution is 0.0767. The molecule has 7 heteroatoms. The van der Waals surface area contributed by atoms with Gasteiger partial charge in [0, 0.05) is 38.6 Å². The molecule has 0 atom stereocenters. The summed E-state index contributed by atoms with van der Waals surface area (Å²) in [5.41, 5.74) is 1.40. The second kappa shape index (κ2) is 6.91. The van der Waals surface area contributed by atoms with E-state index in [0.29, 0.717) is 23.7 Å². The van der Waals surface area contributed by atoms with Crippen molar-refractivity contribution in [1.29, 1.82) is 0 Å². The highest BCUT2D eigenvalue weighted by molar-refractivity contribution is 6.33. The topological polar surface area (TPSA) is 62.2 Å². The summed E-state index contributed by atoms with van der Waals surface area (Å²) < 4.78 is 0. The Bertz CT molecular complexity index is 691. The molecule has 6 nitrogen and oxygen atoms in total. The van der Waals surface area contributed by atoms with Gasteiger partial charge in [-0.1, -0.05) is 11.6 Å². The van der Waals surface area contributed by atoms with Crippen LogP contribution in [0.4, 0.5) is 5.82 Å². The fraction of sp³-hybridized carbons (Fsp3) is 0.375. The molecule has 3 rings (SSSR count). The Hall–Kier alpha value is -2.21. The summed E-state index contributed by atoms with van der Waals surface area (Å²) in [6.07, 6.45) is 3.97. The van der Waals surface area contributed by atoms with Crippen molar-refractivity contribution in [3.8, 4) is 0 Å². The average Bonchev–Trinajstić information content (AvgIpc) is 2.81. The van der Waals surface area contributed by atoms with Crippen molar-refractivity contribution >= 4 is 23.3 Å². The van der Waals surface area contributed by atoms with E-state index in [2.05, 4.69) is 20.1 Å². The molecule has 120 valence electrons. The number of pyridine rings is 1. The minimum Gasteiger partial charge on any atom is -0.353 e. The van der Waals surface area contributed by atoms with Gasteiger partial charge in [-0.15, -0.1) is 5.10 Å². The first-order chi connectivity index (χ1) is 11.1. The quantitative estimate of drug-likeness (QED) is 0.844.